The molecule has 0 atom stereocenters. The lowest BCUT2D eigenvalue weighted by Gasteiger charge is -2.04. The highest BCUT2D eigenvalue weighted by Gasteiger charge is 2.73. The molecule has 0 aromatic rings. The van der Waals surface area contributed by atoms with Crippen molar-refractivity contribution in [3.8, 4) is 0 Å². The van der Waals surface area contributed by atoms with Crippen LogP contribution in [-0.2, 0) is 14.3 Å². The Kier molecular flexibility index (Phi) is 1.26. The number of primary amides is 2. The molecular formula is C6H10N2O3. The summed E-state index contributed by atoms with van der Waals surface area (Å²) in [7, 11) is 0. The Balaban J connectivity index is 2.98. The molecule has 1 heterocycles. The maximum Gasteiger partial charge on any atom is 0.262 e. The molecule has 0 unspecified atom stereocenters. The minimum absolute atomic E-state index is 0.824. The summed E-state index contributed by atoms with van der Waals surface area (Å²) in [5, 5.41) is 0. The minimum atomic E-state index is -1.58. The summed E-state index contributed by atoms with van der Waals surface area (Å²) in [5.41, 5.74) is 7.47. The third-order valence-electron chi connectivity index (χ3n) is 1.91. The van der Waals surface area contributed by atoms with E-state index < -0.39 is 23.0 Å². The van der Waals surface area contributed by atoms with Crippen molar-refractivity contribution in [2.45, 2.75) is 25.0 Å². The monoisotopic (exact) mass is 158 g/mol. The van der Waals surface area contributed by atoms with E-state index in [0.29, 0.717) is 0 Å². The molecule has 1 saturated heterocycles. The van der Waals surface area contributed by atoms with Crippen molar-refractivity contribution in [1.29, 1.82) is 0 Å². The summed E-state index contributed by atoms with van der Waals surface area (Å²) >= 11 is 0. The van der Waals surface area contributed by atoms with Gasteiger partial charge in [-0.05, 0) is 13.8 Å². The first kappa shape index (κ1) is 8.00. The van der Waals surface area contributed by atoms with Gasteiger partial charge in [0.2, 0.25) is 0 Å². The van der Waals surface area contributed by atoms with E-state index >= 15 is 0 Å². The second-order valence-electron chi connectivity index (χ2n) is 3.02. The lowest BCUT2D eigenvalue weighted by atomic mass is 9.95. The molecule has 5 nitrogen and oxygen atoms in total. The Bertz CT molecular complexity index is 220. The van der Waals surface area contributed by atoms with E-state index in [1.54, 1.807) is 13.8 Å². The number of epoxide rings is 1. The average molecular weight is 158 g/mol. The van der Waals surface area contributed by atoms with Crippen LogP contribution in [0.5, 0.6) is 0 Å². The number of nitrogens with two attached hydrogens (primary N) is 2. The van der Waals surface area contributed by atoms with Crippen molar-refractivity contribution in [3.63, 3.8) is 0 Å². The van der Waals surface area contributed by atoms with Crippen molar-refractivity contribution in [2.24, 2.45) is 11.5 Å². The van der Waals surface area contributed by atoms with Gasteiger partial charge in [-0.1, -0.05) is 0 Å². The fourth-order valence-electron chi connectivity index (χ4n) is 1.17. The van der Waals surface area contributed by atoms with Crippen LogP contribution < -0.4 is 11.5 Å². The van der Waals surface area contributed by atoms with Crippen LogP contribution in [0.3, 0.4) is 0 Å². The van der Waals surface area contributed by atoms with Crippen LogP contribution in [0.4, 0.5) is 0 Å². The molecule has 0 aliphatic carbocycles. The maximum atomic E-state index is 10.7. The summed E-state index contributed by atoms with van der Waals surface area (Å²) in [5.74, 6) is -1.65. The molecule has 4 N–H and O–H groups in total. The van der Waals surface area contributed by atoms with Crippen LogP contribution in [-0.4, -0.2) is 23.0 Å². The molecule has 62 valence electrons. The van der Waals surface area contributed by atoms with Gasteiger partial charge in [0, 0.05) is 0 Å². The number of hydrogen-bond acceptors (Lipinski definition) is 3. The maximum absolute atomic E-state index is 10.7. The number of carbonyl (C=O) groups is 2. The molecular weight excluding hydrogens is 148 g/mol. The molecule has 0 aromatic carbocycles. The molecule has 1 aliphatic rings. The van der Waals surface area contributed by atoms with E-state index in [-0.39, 0.29) is 0 Å². The molecule has 0 aromatic heterocycles. The standard InChI is InChI=1S/C6H10N2O3/c1-5(2)6(11-5,3(7)9)4(8)10/h1-2H3,(H2,7,9)(H2,8,10). The van der Waals surface area contributed by atoms with E-state index in [2.05, 4.69) is 0 Å². The van der Waals surface area contributed by atoms with Gasteiger partial charge in [0.1, 0.15) is 5.60 Å². The fourth-order valence-corrected chi connectivity index (χ4v) is 1.17. The van der Waals surface area contributed by atoms with Crippen LogP contribution in [0.2, 0.25) is 0 Å². The molecule has 0 radical (unpaired) electrons. The van der Waals surface area contributed by atoms with Gasteiger partial charge in [0.25, 0.3) is 17.4 Å². The van der Waals surface area contributed by atoms with Gasteiger partial charge in [-0.25, -0.2) is 0 Å². The Hall–Kier alpha value is -1.10. The summed E-state index contributed by atoms with van der Waals surface area (Å²) in [6.45, 7) is 3.17. The van der Waals surface area contributed by atoms with E-state index in [9.17, 15) is 9.59 Å². The van der Waals surface area contributed by atoms with Crippen molar-refractivity contribution in [3.05, 3.63) is 0 Å². The number of hydrogen-bond donors (Lipinski definition) is 2. The summed E-state index contributed by atoms with van der Waals surface area (Å²) in [6.07, 6.45) is 0. The summed E-state index contributed by atoms with van der Waals surface area (Å²) < 4.78 is 4.87. The third-order valence-corrected chi connectivity index (χ3v) is 1.91. The lowest BCUT2D eigenvalue weighted by molar-refractivity contribution is -0.133. The molecule has 11 heavy (non-hydrogen) atoms. The minimum Gasteiger partial charge on any atom is -0.367 e. The number of ether oxygens (including phenoxy) is 1. The van der Waals surface area contributed by atoms with Gasteiger partial charge in [0.05, 0.1) is 0 Å². The first-order chi connectivity index (χ1) is 4.84. The van der Waals surface area contributed by atoms with Gasteiger partial charge in [-0.2, -0.15) is 0 Å². The Morgan fingerprint density at radius 2 is 1.45 bits per heavy atom. The molecule has 2 amide bonds. The summed E-state index contributed by atoms with van der Waals surface area (Å²) in [4.78, 5) is 21.5. The quantitative estimate of drug-likeness (QED) is 0.378. The van der Waals surface area contributed by atoms with Crippen molar-refractivity contribution in [1.82, 2.24) is 0 Å². The predicted octanol–water partition coefficient (Wildman–Crippen LogP) is -1.50. The zero-order valence-electron chi connectivity index (χ0n) is 6.38. The second kappa shape index (κ2) is 1.73. The Morgan fingerprint density at radius 3 is 1.45 bits per heavy atom. The average Bonchev–Trinajstić information content (AvgIpc) is 2.35. The number of rotatable bonds is 2. The molecule has 0 saturated carbocycles. The SMILES string of the molecule is CC1(C)OC1(C(N)=O)C(N)=O. The van der Waals surface area contributed by atoms with Crippen molar-refractivity contribution in [2.75, 3.05) is 0 Å². The molecule has 5 heteroatoms. The molecule has 0 bridgehead atoms. The van der Waals surface area contributed by atoms with Gasteiger partial charge in [-0.3, -0.25) is 9.59 Å². The molecule has 1 rings (SSSR count). The topological polar surface area (TPSA) is 98.7 Å². The first-order valence-electron chi connectivity index (χ1n) is 3.14. The van der Waals surface area contributed by atoms with Gasteiger partial charge in [0.15, 0.2) is 0 Å². The largest absolute Gasteiger partial charge is 0.367 e. The first-order valence-corrected chi connectivity index (χ1v) is 3.14. The number of amides is 2. The highest BCUT2D eigenvalue weighted by atomic mass is 16.6. The zero-order valence-corrected chi connectivity index (χ0v) is 6.38. The van der Waals surface area contributed by atoms with Crippen LogP contribution >= 0.6 is 0 Å². The second-order valence-corrected chi connectivity index (χ2v) is 3.02. The van der Waals surface area contributed by atoms with Crippen LogP contribution in [0.25, 0.3) is 0 Å². The van der Waals surface area contributed by atoms with E-state index in [1.165, 1.54) is 0 Å². The van der Waals surface area contributed by atoms with Gasteiger partial charge < -0.3 is 16.2 Å². The van der Waals surface area contributed by atoms with Crippen LogP contribution in [0.1, 0.15) is 13.8 Å². The Labute approximate surface area is 63.7 Å². The van der Waals surface area contributed by atoms with E-state index in [4.69, 9.17) is 16.2 Å². The van der Waals surface area contributed by atoms with Crippen LogP contribution in [0, 0.1) is 0 Å². The fraction of sp³-hybridized carbons (Fsp3) is 0.667. The van der Waals surface area contributed by atoms with Gasteiger partial charge >= 0.3 is 0 Å². The molecule has 1 aliphatic heterocycles. The lowest BCUT2D eigenvalue weighted by Crippen LogP contribution is -2.47. The Morgan fingerprint density at radius 1 is 1.18 bits per heavy atom. The highest BCUT2D eigenvalue weighted by molar-refractivity contribution is 6.11. The normalized spacial score (nSPS) is 24.2. The van der Waals surface area contributed by atoms with E-state index in [1.807, 2.05) is 0 Å². The zero-order chi connectivity index (χ0) is 8.86. The highest BCUT2D eigenvalue weighted by Crippen LogP contribution is 2.46. The van der Waals surface area contributed by atoms with Crippen molar-refractivity contribution < 1.29 is 14.3 Å². The molecule has 1 fully saturated rings. The predicted molar refractivity (Wildman–Crippen MR) is 36.3 cm³/mol. The third kappa shape index (κ3) is 0.742. The van der Waals surface area contributed by atoms with Gasteiger partial charge in [-0.15, -0.1) is 0 Å². The smallest absolute Gasteiger partial charge is 0.262 e. The summed E-state index contributed by atoms with van der Waals surface area (Å²) in [6, 6.07) is 0. The van der Waals surface area contributed by atoms with Crippen LogP contribution in [0.15, 0.2) is 0 Å². The van der Waals surface area contributed by atoms with E-state index in [0.717, 1.165) is 0 Å². The van der Waals surface area contributed by atoms with Crippen molar-refractivity contribution >= 4 is 11.8 Å². The molecule has 0 spiro atoms. The number of carbonyl (C=O) groups excluding carboxylic acids is 2.